The number of nitrogens with two attached hydrogens (primary N) is 1. The molecule has 0 aliphatic heterocycles. The zero-order chi connectivity index (χ0) is 14.2. The number of carbonyl (C=O) groups excluding carboxylic acids is 1. The Kier molecular flexibility index (Phi) is 2.09. The maximum atomic E-state index is 12.7. The highest BCUT2D eigenvalue weighted by molar-refractivity contribution is 5.95. The lowest BCUT2D eigenvalue weighted by Gasteiger charge is -2.59. The molecular weight excluding hydrogens is 260 g/mol. The fraction of sp³-hybridized carbons (Fsp3) is 0.611. The standard InChI is InChI=1S/C18H22N2O/c19-15-3-1-13(2-4-15)16(21)20-18-9-12-5-11-6-14(10-18)17(18,7-11)8-12/h1-4,11-12,14H,5-10,19H2,(H,20,21). The number of benzene rings is 1. The largest absolute Gasteiger partial charge is 0.399 e. The Morgan fingerprint density at radius 1 is 1.05 bits per heavy atom. The minimum Gasteiger partial charge on any atom is -0.399 e. The number of carbonyl (C=O) groups is 1. The highest BCUT2D eigenvalue weighted by Gasteiger charge is 2.74. The first-order valence-corrected chi connectivity index (χ1v) is 8.28. The van der Waals surface area contributed by atoms with Gasteiger partial charge in [-0.25, -0.2) is 0 Å². The minimum atomic E-state index is 0.0961. The zero-order valence-corrected chi connectivity index (χ0v) is 12.3. The van der Waals surface area contributed by atoms with E-state index in [1.54, 1.807) is 0 Å². The Morgan fingerprint density at radius 2 is 1.81 bits per heavy atom. The summed E-state index contributed by atoms with van der Waals surface area (Å²) < 4.78 is 0. The molecule has 1 spiro atoms. The van der Waals surface area contributed by atoms with Gasteiger partial charge in [-0.1, -0.05) is 0 Å². The molecule has 3 bridgehead atoms. The molecule has 4 aliphatic carbocycles. The molecule has 4 fully saturated rings. The van der Waals surface area contributed by atoms with Crippen LogP contribution in [0, 0.1) is 23.2 Å². The molecule has 0 aromatic heterocycles. The predicted molar refractivity (Wildman–Crippen MR) is 81.7 cm³/mol. The Balaban J connectivity index is 1.44. The van der Waals surface area contributed by atoms with Crippen LogP contribution in [-0.2, 0) is 0 Å². The van der Waals surface area contributed by atoms with E-state index < -0.39 is 0 Å². The van der Waals surface area contributed by atoms with Gasteiger partial charge in [0.15, 0.2) is 0 Å². The average molecular weight is 282 g/mol. The summed E-state index contributed by atoms with van der Waals surface area (Å²) in [7, 11) is 0. The normalized spacial score (nSPS) is 45.2. The maximum Gasteiger partial charge on any atom is 0.251 e. The summed E-state index contributed by atoms with van der Waals surface area (Å²) in [4.78, 5) is 12.7. The highest BCUT2D eigenvalue weighted by Crippen LogP contribution is 2.77. The molecule has 0 saturated heterocycles. The Labute approximate surface area is 125 Å². The third-order valence-electron chi connectivity index (χ3n) is 7.08. The molecule has 3 N–H and O–H groups in total. The first-order chi connectivity index (χ1) is 10.1. The molecule has 0 radical (unpaired) electrons. The molecule has 3 nitrogen and oxygen atoms in total. The number of amides is 1. The van der Waals surface area contributed by atoms with Gasteiger partial charge < -0.3 is 11.1 Å². The monoisotopic (exact) mass is 282 g/mol. The summed E-state index contributed by atoms with van der Waals surface area (Å²) in [5.41, 5.74) is 7.75. The van der Waals surface area contributed by atoms with Gasteiger partial charge in [0.1, 0.15) is 0 Å². The van der Waals surface area contributed by atoms with Crippen LogP contribution >= 0.6 is 0 Å². The second-order valence-electron chi connectivity index (χ2n) is 8.03. The number of fused-ring (bicyclic) bond motifs is 2. The van der Waals surface area contributed by atoms with E-state index in [9.17, 15) is 4.79 Å². The van der Waals surface area contributed by atoms with Gasteiger partial charge in [0.25, 0.3) is 5.91 Å². The molecule has 1 aromatic rings. The molecule has 1 aromatic carbocycles. The van der Waals surface area contributed by atoms with Crippen molar-refractivity contribution in [1.29, 1.82) is 0 Å². The Hall–Kier alpha value is -1.51. The van der Waals surface area contributed by atoms with Crippen LogP contribution < -0.4 is 11.1 Å². The molecule has 3 heteroatoms. The first kappa shape index (κ1) is 12.1. The topological polar surface area (TPSA) is 55.1 Å². The van der Waals surface area contributed by atoms with Crippen molar-refractivity contribution in [3.63, 3.8) is 0 Å². The number of nitrogens with one attached hydrogen (secondary N) is 1. The summed E-state index contributed by atoms with van der Waals surface area (Å²) >= 11 is 0. The molecule has 5 rings (SSSR count). The van der Waals surface area contributed by atoms with Gasteiger partial charge in [-0.3, -0.25) is 4.79 Å². The van der Waals surface area contributed by atoms with Crippen LogP contribution in [0.2, 0.25) is 0 Å². The maximum absolute atomic E-state index is 12.7. The van der Waals surface area contributed by atoms with Crippen LogP contribution in [-0.4, -0.2) is 11.4 Å². The smallest absolute Gasteiger partial charge is 0.251 e. The van der Waals surface area contributed by atoms with Crippen LogP contribution in [0.5, 0.6) is 0 Å². The van der Waals surface area contributed by atoms with E-state index in [2.05, 4.69) is 5.32 Å². The van der Waals surface area contributed by atoms with Gasteiger partial charge in [-0.05, 0) is 86.0 Å². The second-order valence-corrected chi connectivity index (χ2v) is 8.03. The average Bonchev–Trinajstić information content (AvgIpc) is 2.76. The summed E-state index contributed by atoms with van der Waals surface area (Å²) in [5.74, 6) is 2.80. The van der Waals surface area contributed by atoms with E-state index >= 15 is 0 Å². The van der Waals surface area contributed by atoms with E-state index in [1.807, 2.05) is 24.3 Å². The third kappa shape index (κ3) is 1.37. The second kappa shape index (κ2) is 3.63. The van der Waals surface area contributed by atoms with E-state index in [-0.39, 0.29) is 11.4 Å². The van der Waals surface area contributed by atoms with Gasteiger partial charge in [0.2, 0.25) is 0 Å². The molecule has 5 atom stereocenters. The lowest BCUT2D eigenvalue weighted by atomic mass is 9.51. The van der Waals surface area contributed by atoms with Crippen molar-refractivity contribution in [3.05, 3.63) is 29.8 Å². The lowest BCUT2D eigenvalue weighted by Crippen LogP contribution is -2.67. The number of hydrogen-bond donors (Lipinski definition) is 2. The zero-order valence-electron chi connectivity index (χ0n) is 12.3. The fourth-order valence-electron chi connectivity index (χ4n) is 6.53. The minimum absolute atomic E-state index is 0.0961. The van der Waals surface area contributed by atoms with Gasteiger partial charge in [-0.15, -0.1) is 0 Å². The van der Waals surface area contributed by atoms with Crippen LogP contribution in [0.15, 0.2) is 24.3 Å². The van der Waals surface area contributed by atoms with Crippen LogP contribution in [0.1, 0.15) is 48.9 Å². The number of rotatable bonds is 2. The number of nitrogen functional groups attached to an aromatic ring is 1. The van der Waals surface area contributed by atoms with E-state index in [0.29, 0.717) is 11.1 Å². The van der Waals surface area contributed by atoms with Gasteiger partial charge in [-0.2, -0.15) is 0 Å². The Bertz CT molecular complexity index is 619. The summed E-state index contributed by atoms with van der Waals surface area (Å²) in [6.45, 7) is 0. The highest BCUT2D eigenvalue weighted by atomic mass is 16.1. The molecule has 1 amide bonds. The SMILES string of the molecule is Nc1ccc(C(=O)NC23CC4CC5CC(C2)C3(C5)C4)cc1. The summed E-state index contributed by atoms with van der Waals surface area (Å²) in [6, 6.07) is 7.31. The number of hydrogen-bond acceptors (Lipinski definition) is 2. The van der Waals surface area contributed by atoms with Crippen molar-refractivity contribution in [2.45, 2.75) is 44.1 Å². The van der Waals surface area contributed by atoms with Crippen LogP contribution in [0.25, 0.3) is 0 Å². The molecule has 110 valence electrons. The third-order valence-corrected chi connectivity index (χ3v) is 7.08. The van der Waals surface area contributed by atoms with Crippen LogP contribution in [0.4, 0.5) is 5.69 Å². The number of anilines is 1. The van der Waals surface area contributed by atoms with Crippen molar-refractivity contribution in [2.75, 3.05) is 5.73 Å². The van der Waals surface area contributed by atoms with Crippen molar-refractivity contribution in [2.24, 2.45) is 23.2 Å². The Morgan fingerprint density at radius 3 is 2.62 bits per heavy atom. The fourth-order valence-corrected chi connectivity index (χ4v) is 6.53. The molecule has 21 heavy (non-hydrogen) atoms. The van der Waals surface area contributed by atoms with E-state index in [0.717, 1.165) is 23.3 Å². The molecule has 0 heterocycles. The van der Waals surface area contributed by atoms with Crippen molar-refractivity contribution >= 4 is 11.6 Å². The van der Waals surface area contributed by atoms with Crippen molar-refractivity contribution in [1.82, 2.24) is 5.32 Å². The first-order valence-electron chi connectivity index (χ1n) is 8.28. The molecule has 4 aliphatic rings. The van der Waals surface area contributed by atoms with E-state index in [1.165, 1.54) is 38.5 Å². The molecule has 5 unspecified atom stereocenters. The van der Waals surface area contributed by atoms with Gasteiger partial charge in [0, 0.05) is 16.8 Å². The quantitative estimate of drug-likeness (QED) is 0.819. The summed E-state index contributed by atoms with van der Waals surface area (Å²) in [6.07, 6.45) is 8.03. The molecular formula is C18H22N2O. The van der Waals surface area contributed by atoms with Gasteiger partial charge in [0.05, 0.1) is 0 Å². The molecule has 4 saturated carbocycles. The lowest BCUT2D eigenvalue weighted by molar-refractivity contribution is -0.0484. The van der Waals surface area contributed by atoms with Gasteiger partial charge >= 0.3 is 0 Å². The van der Waals surface area contributed by atoms with Crippen molar-refractivity contribution in [3.8, 4) is 0 Å². The van der Waals surface area contributed by atoms with Crippen LogP contribution in [0.3, 0.4) is 0 Å². The summed E-state index contributed by atoms with van der Waals surface area (Å²) in [5, 5.41) is 3.47. The predicted octanol–water partition coefficient (Wildman–Crippen LogP) is 2.97. The van der Waals surface area contributed by atoms with Crippen molar-refractivity contribution < 1.29 is 4.79 Å². The van der Waals surface area contributed by atoms with E-state index in [4.69, 9.17) is 5.73 Å².